The van der Waals surface area contributed by atoms with Gasteiger partial charge in [0, 0.05) is 13.1 Å². The van der Waals surface area contributed by atoms with E-state index in [2.05, 4.69) is 0 Å². The van der Waals surface area contributed by atoms with Crippen LogP contribution >= 0.6 is 0 Å². The van der Waals surface area contributed by atoms with Crippen LogP contribution in [0.4, 0.5) is 0 Å². The molecule has 0 aliphatic carbocycles. The molecule has 0 radical (unpaired) electrons. The number of nitrogens with zero attached hydrogens (tertiary/aromatic N) is 3. The molecule has 190 valence electrons. The lowest BCUT2D eigenvalue weighted by Crippen LogP contribution is -2.46. The Morgan fingerprint density at radius 2 is 1.59 bits per heavy atom. The molecular formula is C29H29N3O5. The fraction of sp³-hybridized carbons (Fsp3) is 0.276. The number of aromatic nitrogens is 2. The summed E-state index contributed by atoms with van der Waals surface area (Å²) in [6.45, 7) is 2.27. The van der Waals surface area contributed by atoms with E-state index in [1.165, 1.54) is 9.13 Å². The molecule has 0 fully saturated rings. The van der Waals surface area contributed by atoms with E-state index in [0.717, 1.165) is 16.7 Å². The van der Waals surface area contributed by atoms with Crippen LogP contribution in [-0.4, -0.2) is 40.7 Å². The van der Waals surface area contributed by atoms with Crippen molar-refractivity contribution >= 4 is 16.8 Å². The van der Waals surface area contributed by atoms with Crippen molar-refractivity contribution in [2.45, 2.75) is 32.5 Å². The monoisotopic (exact) mass is 499 g/mol. The molecule has 1 amide bonds. The van der Waals surface area contributed by atoms with Crippen molar-refractivity contribution in [3.8, 4) is 11.5 Å². The highest BCUT2D eigenvalue weighted by Gasteiger charge is 2.33. The van der Waals surface area contributed by atoms with Crippen molar-refractivity contribution in [3.63, 3.8) is 0 Å². The van der Waals surface area contributed by atoms with Crippen LogP contribution in [0.5, 0.6) is 11.5 Å². The molecule has 8 heteroatoms. The summed E-state index contributed by atoms with van der Waals surface area (Å²) in [6.07, 6.45) is 0.634. The SMILES string of the molecule is CCn1c(=O)c2ccccc2n(CC(=O)N2CCc3cc(OC)c(OC)cc3C2c2ccccc2)c1=O. The second-order valence-electron chi connectivity index (χ2n) is 8.99. The molecule has 5 rings (SSSR count). The minimum Gasteiger partial charge on any atom is -0.493 e. The molecule has 1 unspecified atom stereocenters. The third kappa shape index (κ3) is 4.18. The topological polar surface area (TPSA) is 82.8 Å². The summed E-state index contributed by atoms with van der Waals surface area (Å²) < 4.78 is 13.7. The van der Waals surface area contributed by atoms with E-state index in [-0.39, 0.29) is 30.6 Å². The number of carbonyl (C=O) groups is 1. The number of hydrogen-bond acceptors (Lipinski definition) is 5. The van der Waals surface area contributed by atoms with E-state index in [1.54, 1.807) is 45.4 Å². The number of rotatable bonds is 6. The van der Waals surface area contributed by atoms with Crippen molar-refractivity contribution in [2.24, 2.45) is 0 Å². The molecule has 2 heterocycles. The molecule has 3 aromatic carbocycles. The summed E-state index contributed by atoms with van der Waals surface area (Å²) in [5, 5.41) is 0.414. The van der Waals surface area contributed by atoms with E-state index in [0.29, 0.717) is 35.4 Å². The van der Waals surface area contributed by atoms with Crippen LogP contribution < -0.4 is 20.7 Å². The molecule has 0 saturated carbocycles. The molecule has 8 nitrogen and oxygen atoms in total. The van der Waals surface area contributed by atoms with Gasteiger partial charge in [-0.2, -0.15) is 0 Å². The van der Waals surface area contributed by atoms with Crippen LogP contribution in [0.3, 0.4) is 0 Å². The summed E-state index contributed by atoms with van der Waals surface area (Å²) in [5.41, 5.74) is 2.62. The first kappa shape index (κ1) is 24.4. The minimum atomic E-state index is -0.486. The number of amides is 1. The van der Waals surface area contributed by atoms with Crippen LogP contribution in [0, 0.1) is 0 Å². The molecule has 0 N–H and O–H groups in total. The highest BCUT2D eigenvalue weighted by atomic mass is 16.5. The molecule has 1 aliphatic heterocycles. The van der Waals surface area contributed by atoms with E-state index in [9.17, 15) is 14.4 Å². The number of benzene rings is 3. The maximum Gasteiger partial charge on any atom is 0.331 e. The first-order chi connectivity index (χ1) is 18.0. The molecule has 37 heavy (non-hydrogen) atoms. The normalized spacial score (nSPS) is 14.9. The minimum absolute atomic E-state index is 0.175. The maximum absolute atomic E-state index is 13.9. The van der Waals surface area contributed by atoms with Gasteiger partial charge in [0.15, 0.2) is 11.5 Å². The van der Waals surface area contributed by atoms with Crippen molar-refractivity contribution in [3.05, 3.63) is 104 Å². The highest BCUT2D eigenvalue weighted by molar-refractivity contribution is 5.82. The smallest absolute Gasteiger partial charge is 0.331 e. The molecule has 0 spiro atoms. The van der Waals surface area contributed by atoms with Gasteiger partial charge in [-0.25, -0.2) is 4.79 Å². The van der Waals surface area contributed by atoms with E-state index < -0.39 is 5.69 Å². The van der Waals surface area contributed by atoms with Gasteiger partial charge >= 0.3 is 5.69 Å². The van der Waals surface area contributed by atoms with Gasteiger partial charge in [-0.1, -0.05) is 42.5 Å². The van der Waals surface area contributed by atoms with Crippen LogP contribution in [-0.2, 0) is 24.3 Å². The number of methoxy groups -OCH3 is 2. The fourth-order valence-corrected chi connectivity index (χ4v) is 5.24. The molecule has 1 aliphatic rings. The van der Waals surface area contributed by atoms with Crippen molar-refractivity contribution in [1.82, 2.24) is 14.0 Å². The number of fused-ring (bicyclic) bond motifs is 2. The standard InChI is InChI=1S/C29H29N3O5/c1-4-30-28(34)21-12-8-9-13-23(21)32(29(30)35)18-26(33)31-15-14-20-16-24(36-2)25(37-3)17-22(20)27(31)19-10-6-5-7-11-19/h5-13,16-17,27H,4,14-15,18H2,1-3H3. The van der Waals surface area contributed by atoms with Crippen molar-refractivity contribution in [2.75, 3.05) is 20.8 Å². The zero-order valence-corrected chi connectivity index (χ0v) is 21.1. The van der Waals surface area contributed by atoms with Crippen LogP contribution in [0.1, 0.15) is 29.7 Å². The average Bonchev–Trinajstić information content (AvgIpc) is 2.94. The predicted molar refractivity (Wildman–Crippen MR) is 141 cm³/mol. The zero-order valence-electron chi connectivity index (χ0n) is 21.1. The summed E-state index contributed by atoms with van der Waals surface area (Å²) in [5.74, 6) is 1.03. The third-order valence-corrected chi connectivity index (χ3v) is 7.05. The Bertz CT molecular complexity index is 1590. The summed E-state index contributed by atoms with van der Waals surface area (Å²) in [4.78, 5) is 41.9. The fourth-order valence-electron chi connectivity index (χ4n) is 5.24. The highest BCUT2D eigenvalue weighted by Crippen LogP contribution is 2.41. The summed E-state index contributed by atoms with van der Waals surface area (Å²) >= 11 is 0. The molecule has 1 atom stereocenters. The number of para-hydroxylation sites is 1. The van der Waals surface area contributed by atoms with Gasteiger partial charge in [0.05, 0.1) is 31.2 Å². The lowest BCUT2D eigenvalue weighted by atomic mass is 9.87. The Balaban J connectivity index is 1.62. The Hall–Kier alpha value is -4.33. The van der Waals surface area contributed by atoms with Crippen LogP contribution in [0.25, 0.3) is 10.9 Å². The van der Waals surface area contributed by atoms with Crippen LogP contribution in [0.15, 0.2) is 76.3 Å². The van der Waals surface area contributed by atoms with Crippen LogP contribution in [0.2, 0.25) is 0 Å². The second kappa shape index (κ2) is 9.97. The predicted octanol–water partition coefficient (Wildman–Crippen LogP) is 3.37. The van der Waals surface area contributed by atoms with Gasteiger partial charge in [0.1, 0.15) is 6.54 Å². The van der Waals surface area contributed by atoms with Crippen molar-refractivity contribution in [1.29, 1.82) is 0 Å². The molecule has 1 aromatic heterocycles. The van der Waals surface area contributed by atoms with Gasteiger partial charge in [-0.15, -0.1) is 0 Å². The first-order valence-corrected chi connectivity index (χ1v) is 12.3. The Morgan fingerprint density at radius 3 is 2.30 bits per heavy atom. The van der Waals surface area contributed by atoms with Gasteiger partial charge in [-0.05, 0) is 54.3 Å². The Morgan fingerprint density at radius 1 is 0.919 bits per heavy atom. The summed E-state index contributed by atoms with van der Waals surface area (Å²) in [7, 11) is 3.20. The largest absolute Gasteiger partial charge is 0.493 e. The second-order valence-corrected chi connectivity index (χ2v) is 8.99. The molecule has 0 bridgehead atoms. The molecule has 4 aromatic rings. The molecular weight excluding hydrogens is 470 g/mol. The van der Waals surface area contributed by atoms with Gasteiger partial charge in [0.25, 0.3) is 5.56 Å². The van der Waals surface area contributed by atoms with Crippen molar-refractivity contribution < 1.29 is 14.3 Å². The van der Waals surface area contributed by atoms with E-state index in [4.69, 9.17) is 9.47 Å². The average molecular weight is 500 g/mol. The van der Waals surface area contributed by atoms with E-state index >= 15 is 0 Å². The van der Waals surface area contributed by atoms with Gasteiger partial charge in [-0.3, -0.25) is 18.7 Å². The lowest BCUT2D eigenvalue weighted by Gasteiger charge is -2.38. The summed E-state index contributed by atoms with van der Waals surface area (Å²) in [6, 6.07) is 20.3. The Labute approximate surface area is 214 Å². The number of carbonyl (C=O) groups excluding carboxylic acids is 1. The Kier molecular flexibility index (Phi) is 6.56. The first-order valence-electron chi connectivity index (χ1n) is 12.3. The number of hydrogen-bond donors (Lipinski definition) is 0. The van der Waals surface area contributed by atoms with E-state index in [1.807, 2.05) is 47.4 Å². The number of ether oxygens (including phenoxy) is 2. The quantitative estimate of drug-likeness (QED) is 0.406. The molecule has 0 saturated heterocycles. The lowest BCUT2D eigenvalue weighted by molar-refractivity contribution is -0.134. The van der Waals surface area contributed by atoms with Gasteiger partial charge < -0.3 is 14.4 Å². The third-order valence-electron chi connectivity index (χ3n) is 7.05. The maximum atomic E-state index is 13.9. The zero-order chi connectivity index (χ0) is 26.1. The van der Waals surface area contributed by atoms with Gasteiger partial charge in [0.2, 0.25) is 5.91 Å².